The van der Waals surface area contributed by atoms with Gasteiger partial charge in [-0.15, -0.1) is 0 Å². The first-order valence-corrected chi connectivity index (χ1v) is 11.4. The van der Waals surface area contributed by atoms with Crippen molar-refractivity contribution in [2.75, 3.05) is 13.4 Å². The van der Waals surface area contributed by atoms with Crippen LogP contribution in [-0.4, -0.2) is 55.0 Å². The number of sulfonamides is 1. The Balaban J connectivity index is 2.23. The molecule has 3 N–H and O–H groups in total. The van der Waals surface area contributed by atoms with Crippen molar-refractivity contribution in [3.63, 3.8) is 0 Å². The molecular weight excluding hydrogens is 364 g/mol. The van der Waals surface area contributed by atoms with E-state index in [2.05, 4.69) is 4.72 Å². The summed E-state index contributed by atoms with van der Waals surface area (Å²) in [5.74, 6) is -0.700. The van der Waals surface area contributed by atoms with E-state index < -0.39 is 32.0 Å². The maximum Gasteiger partial charge on any atom is 0.262 e. The molecule has 0 bridgehead atoms. The van der Waals surface area contributed by atoms with Gasteiger partial charge in [0.2, 0.25) is 10.0 Å². The molecule has 1 amide bonds. The minimum Gasteiger partial charge on any atom is -0.377 e. The van der Waals surface area contributed by atoms with Crippen molar-refractivity contribution < 1.29 is 23.2 Å². The lowest BCUT2D eigenvalue weighted by atomic mass is 9.83. The van der Waals surface area contributed by atoms with E-state index in [4.69, 9.17) is 9.94 Å². The van der Waals surface area contributed by atoms with E-state index in [1.807, 2.05) is 6.26 Å². The van der Waals surface area contributed by atoms with Crippen LogP contribution in [0.3, 0.4) is 0 Å². The van der Waals surface area contributed by atoms with E-state index in [0.717, 1.165) is 32.1 Å². The summed E-state index contributed by atoms with van der Waals surface area (Å²) in [4.78, 5) is 12.3. The summed E-state index contributed by atoms with van der Waals surface area (Å²) in [6.07, 6.45) is 10.7. The normalized spacial score (nSPS) is 27.6. The molecule has 7 nitrogen and oxygen atoms in total. The lowest BCUT2D eigenvalue weighted by Crippen LogP contribution is -2.60. The van der Waals surface area contributed by atoms with E-state index in [0.29, 0.717) is 12.8 Å². The highest BCUT2D eigenvalue weighted by atomic mass is 32.2. The Morgan fingerprint density at radius 1 is 1.28 bits per heavy atom. The van der Waals surface area contributed by atoms with E-state index in [-0.39, 0.29) is 6.10 Å². The molecule has 0 heterocycles. The molecule has 2 aliphatic carbocycles. The van der Waals surface area contributed by atoms with Gasteiger partial charge in [0.15, 0.2) is 0 Å². The van der Waals surface area contributed by atoms with Crippen LogP contribution in [0.5, 0.6) is 0 Å². The van der Waals surface area contributed by atoms with Crippen molar-refractivity contribution in [2.45, 2.75) is 67.1 Å². The van der Waals surface area contributed by atoms with Crippen molar-refractivity contribution in [1.29, 1.82) is 0 Å². The van der Waals surface area contributed by atoms with Gasteiger partial charge in [-0.05, 0) is 31.9 Å². The number of hydrogen-bond donors (Lipinski definition) is 3. The molecule has 0 spiro atoms. The molecule has 0 saturated heterocycles. The number of rotatable bonds is 7. The molecule has 0 aliphatic heterocycles. The first-order valence-electron chi connectivity index (χ1n) is 8.60. The summed E-state index contributed by atoms with van der Waals surface area (Å²) in [6.45, 7) is 0. The number of carbonyl (C=O) groups excluding carboxylic acids is 1. The Hall–Kier alpha value is -0.610. The SMILES string of the molecule is COC1C=CC(S(=O)(=O)NC(C(=O)NO)C2(SC)CCCCC2)CC1. The number of hydrogen-bond acceptors (Lipinski definition) is 6. The monoisotopic (exact) mass is 392 g/mol. The molecule has 25 heavy (non-hydrogen) atoms. The van der Waals surface area contributed by atoms with Gasteiger partial charge in [-0.2, -0.15) is 11.8 Å². The molecule has 0 radical (unpaired) electrons. The first-order chi connectivity index (χ1) is 11.9. The molecule has 2 aliphatic rings. The Morgan fingerprint density at radius 3 is 2.44 bits per heavy atom. The number of carbonyl (C=O) groups is 1. The average Bonchev–Trinajstić information content (AvgIpc) is 2.66. The zero-order valence-corrected chi connectivity index (χ0v) is 16.4. The summed E-state index contributed by atoms with van der Waals surface area (Å²) in [5.41, 5.74) is 1.65. The van der Waals surface area contributed by atoms with Gasteiger partial charge in [-0.1, -0.05) is 31.4 Å². The maximum atomic E-state index is 12.8. The largest absolute Gasteiger partial charge is 0.377 e. The Labute approximate surface area is 154 Å². The zero-order valence-electron chi connectivity index (χ0n) is 14.7. The highest BCUT2D eigenvalue weighted by molar-refractivity contribution is 8.00. The fourth-order valence-corrected chi connectivity index (χ4v) is 6.45. The van der Waals surface area contributed by atoms with E-state index in [1.165, 1.54) is 11.8 Å². The van der Waals surface area contributed by atoms with Gasteiger partial charge in [0.05, 0.1) is 11.4 Å². The molecule has 0 aromatic carbocycles. The van der Waals surface area contributed by atoms with Crippen LogP contribution in [0.2, 0.25) is 0 Å². The lowest BCUT2D eigenvalue weighted by molar-refractivity contribution is -0.132. The molecule has 1 fully saturated rings. The van der Waals surface area contributed by atoms with Crippen LogP contribution in [0.25, 0.3) is 0 Å². The van der Waals surface area contributed by atoms with Gasteiger partial charge in [-0.25, -0.2) is 18.6 Å². The number of hydroxylamine groups is 1. The van der Waals surface area contributed by atoms with Crippen LogP contribution in [0.15, 0.2) is 12.2 Å². The molecule has 0 aromatic heterocycles. The quantitative estimate of drug-likeness (QED) is 0.345. The molecule has 2 rings (SSSR count). The standard InChI is InChI=1S/C16H28N2O5S2/c1-23-12-6-8-13(9-7-12)25(21,22)18-14(15(19)17-20)16(24-2)10-4-3-5-11-16/h6,8,12-14,18,20H,3-5,7,9-11H2,1-2H3,(H,17,19). The Bertz CT molecular complexity index is 587. The fourth-order valence-electron chi connectivity index (χ4n) is 3.70. The van der Waals surface area contributed by atoms with Gasteiger partial charge >= 0.3 is 0 Å². The second-order valence-electron chi connectivity index (χ2n) is 6.68. The average molecular weight is 393 g/mol. The third kappa shape index (κ3) is 4.77. The predicted octanol–water partition coefficient (Wildman–Crippen LogP) is 1.58. The van der Waals surface area contributed by atoms with Crippen molar-refractivity contribution in [1.82, 2.24) is 10.2 Å². The van der Waals surface area contributed by atoms with Gasteiger partial charge in [0.25, 0.3) is 5.91 Å². The van der Waals surface area contributed by atoms with E-state index in [9.17, 15) is 13.2 Å². The molecular formula is C16H28N2O5S2. The fraction of sp³-hybridized carbons (Fsp3) is 0.812. The van der Waals surface area contributed by atoms with Crippen LogP contribution in [0.4, 0.5) is 0 Å². The first kappa shape index (κ1) is 20.7. The smallest absolute Gasteiger partial charge is 0.262 e. The molecule has 0 aromatic rings. The second-order valence-corrected chi connectivity index (χ2v) is 9.83. The zero-order chi connectivity index (χ0) is 18.5. The van der Waals surface area contributed by atoms with Gasteiger partial charge < -0.3 is 4.74 Å². The Kier molecular flexibility index (Phi) is 7.33. The van der Waals surface area contributed by atoms with Crippen LogP contribution in [-0.2, 0) is 19.6 Å². The summed E-state index contributed by atoms with van der Waals surface area (Å²) in [6, 6.07) is -0.994. The second kappa shape index (κ2) is 8.85. The number of nitrogens with one attached hydrogen (secondary N) is 2. The molecule has 9 heteroatoms. The number of ether oxygens (including phenoxy) is 1. The number of thioether (sulfide) groups is 1. The molecule has 3 atom stereocenters. The Morgan fingerprint density at radius 2 is 1.96 bits per heavy atom. The third-order valence-electron chi connectivity index (χ3n) is 5.26. The number of amides is 1. The molecule has 1 saturated carbocycles. The van der Waals surface area contributed by atoms with Crippen LogP contribution >= 0.6 is 11.8 Å². The number of methoxy groups -OCH3 is 1. The molecule has 144 valence electrons. The third-order valence-corrected chi connectivity index (χ3v) is 8.48. The van der Waals surface area contributed by atoms with Crippen LogP contribution in [0, 0.1) is 0 Å². The van der Waals surface area contributed by atoms with Crippen molar-refractivity contribution in [3.8, 4) is 0 Å². The van der Waals surface area contributed by atoms with Crippen molar-refractivity contribution in [3.05, 3.63) is 12.2 Å². The highest BCUT2D eigenvalue weighted by Crippen LogP contribution is 2.42. The van der Waals surface area contributed by atoms with Gasteiger partial charge in [0.1, 0.15) is 6.04 Å². The summed E-state index contributed by atoms with van der Waals surface area (Å²) in [7, 11) is -2.15. The van der Waals surface area contributed by atoms with Gasteiger partial charge in [-0.3, -0.25) is 10.0 Å². The van der Waals surface area contributed by atoms with E-state index in [1.54, 1.807) is 24.7 Å². The van der Waals surface area contributed by atoms with Gasteiger partial charge in [0, 0.05) is 11.9 Å². The van der Waals surface area contributed by atoms with Crippen molar-refractivity contribution in [2.24, 2.45) is 0 Å². The minimum atomic E-state index is -3.74. The summed E-state index contributed by atoms with van der Waals surface area (Å²) >= 11 is 1.50. The summed E-state index contributed by atoms with van der Waals surface area (Å²) in [5, 5.41) is 8.45. The van der Waals surface area contributed by atoms with Crippen LogP contribution < -0.4 is 10.2 Å². The van der Waals surface area contributed by atoms with E-state index >= 15 is 0 Å². The highest BCUT2D eigenvalue weighted by Gasteiger charge is 2.46. The summed E-state index contributed by atoms with van der Waals surface area (Å²) < 4.78 is 33.0. The van der Waals surface area contributed by atoms with Crippen LogP contribution in [0.1, 0.15) is 44.9 Å². The molecule has 3 unspecified atom stereocenters. The predicted molar refractivity (Wildman–Crippen MR) is 98.1 cm³/mol. The topological polar surface area (TPSA) is 105 Å². The lowest BCUT2D eigenvalue weighted by Gasteiger charge is -2.41. The maximum absolute atomic E-state index is 12.8. The van der Waals surface area contributed by atoms with Crippen molar-refractivity contribution >= 4 is 27.7 Å². The minimum absolute atomic E-state index is 0.0705.